The van der Waals surface area contributed by atoms with Gasteiger partial charge in [0.2, 0.25) is 0 Å². The third-order valence-corrected chi connectivity index (χ3v) is 3.64. The maximum absolute atomic E-state index is 4.67. The summed E-state index contributed by atoms with van der Waals surface area (Å²) in [6.07, 6.45) is 4.28. The first-order chi connectivity index (χ1) is 8.81. The van der Waals surface area contributed by atoms with E-state index in [0.717, 1.165) is 37.5 Å². The van der Waals surface area contributed by atoms with Crippen LogP contribution < -0.4 is 0 Å². The predicted molar refractivity (Wildman–Crippen MR) is 71.4 cm³/mol. The van der Waals surface area contributed by atoms with Crippen LogP contribution in [0.15, 0.2) is 30.3 Å². The van der Waals surface area contributed by atoms with Crippen molar-refractivity contribution in [2.75, 3.05) is 0 Å². The molecule has 0 fully saturated rings. The van der Waals surface area contributed by atoms with Gasteiger partial charge < -0.3 is 0 Å². The maximum atomic E-state index is 4.67. The lowest BCUT2D eigenvalue weighted by atomic mass is 10.0. The summed E-state index contributed by atoms with van der Waals surface area (Å²) in [4.78, 5) is 4.67. The highest BCUT2D eigenvalue weighted by molar-refractivity contribution is 5.15. The Kier molecular flexibility index (Phi) is 3.13. The fraction of sp³-hybridized carbons (Fsp3) is 0.467. The SMILES string of the molecule is CC1CCn2nc(CCc3ccccc3)nc2C1. The Labute approximate surface area is 108 Å². The summed E-state index contributed by atoms with van der Waals surface area (Å²) in [7, 11) is 0. The number of aryl methyl sites for hydroxylation is 3. The van der Waals surface area contributed by atoms with E-state index in [0.29, 0.717) is 0 Å². The topological polar surface area (TPSA) is 30.7 Å². The van der Waals surface area contributed by atoms with E-state index in [-0.39, 0.29) is 0 Å². The first kappa shape index (κ1) is 11.5. The van der Waals surface area contributed by atoms with Crippen molar-refractivity contribution in [3.63, 3.8) is 0 Å². The minimum Gasteiger partial charge on any atom is -0.250 e. The molecule has 3 nitrogen and oxygen atoms in total. The molecule has 1 aliphatic heterocycles. The number of aromatic nitrogens is 3. The van der Waals surface area contributed by atoms with Crippen LogP contribution in [-0.2, 0) is 25.8 Å². The van der Waals surface area contributed by atoms with Gasteiger partial charge in [-0.1, -0.05) is 37.3 Å². The number of rotatable bonds is 3. The molecule has 1 atom stereocenters. The predicted octanol–water partition coefficient (Wildman–Crippen LogP) is 2.65. The zero-order valence-corrected chi connectivity index (χ0v) is 10.8. The Balaban J connectivity index is 1.67. The molecule has 1 unspecified atom stereocenters. The smallest absolute Gasteiger partial charge is 0.151 e. The summed E-state index contributed by atoms with van der Waals surface area (Å²) >= 11 is 0. The summed E-state index contributed by atoms with van der Waals surface area (Å²) in [5.74, 6) is 2.93. The molecule has 94 valence electrons. The Morgan fingerprint density at radius 2 is 2.06 bits per heavy atom. The summed E-state index contributed by atoms with van der Waals surface area (Å²) in [5.41, 5.74) is 1.36. The summed E-state index contributed by atoms with van der Waals surface area (Å²) < 4.78 is 2.10. The Morgan fingerprint density at radius 1 is 1.22 bits per heavy atom. The van der Waals surface area contributed by atoms with Crippen LogP contribution in [0.1, 0.15) is 30.6 Å². The van der Waals surface area contributed by atoms with Crippen LogP contribution in [0.5, 0.6) is 0 Å². The molecule has 0 amide bonds. The van der Waals surface area contributed by atoms with E-state index in [2.05, 4.69) is 52.0 Å². The largest absolute Gasteiger partial charge is 0.250 e. The summed E-state index contributed by atoms with van der Waals surface area (Å²) in [6.45, 7) is 3.33. The van der Waals surface area contributed by atoms with Gasteiger partial charge in [0.05, 0.1) is 0 Å². The molecular formula is C15H19N3. The quantitative estimate of drug-likeness (QED) is 0.827. The number of benzene rings is 1. The molecule has 0 aliphatic carbocycles. The van der Waals surface area contributed by atoms with Crippen molar-refractivity contribution in [2.24, 2.45) is 5.92 Å². The molecule has 0 bridgehead atoms. The molecule has 2 aromatic rings. The molecule has 0 saturated heterocycles. The Hall–Kier alpha value is -1.64. The van der Waals surface area contributed by atoms with E-state index < -0.39 is 0 Å². The van der Waals surface area contributed by atoms with Crippen molar-refractivity contribution in [1.82, 2.24) is 14.8 Å². The molecule has 0 spiro atoms. The van der Waals surface area contributed by atoms with E-state index in [9.17, 15) is 0 Å². The second-order valence-corrected chi connectivity index (χ2v) is 5.25. The van der Waals surface area contributed by atoms with Crippen molar-refractivity contribution in [2.45, 2.75) is 39.2 Å². The second-order valence-electron chi connectivity index (χ2n) is 5.25. The van der Waals surface area contributed by atoms with Gasteiger partial charge in [-0.25, -0.2) is 9.67 Å². The third-order valence-electron chi connectivity index (χ3n) is 3.64. The van der Waals surface area contributed by atoms with E-state index in [4.69, 9.17) is 0 Å². The maximum Gasteiger partial charge on any atom is 0.151 e. The lowest BCUT2D eigenvalue weighted by Crippen LogP contribution is -2.18. The van der Waals surface area contributed by atoms with Gasteiger partial charge in [0, 0.05) is 19.4 Å². The van der Waals surface area contributed by atoms with Crippen molar-refractivity contribution in [3.8, 4) is 0 Å². The van der Waals surface area contributed by atoms with Crippen LogP contribution in [0.25, 0.3) is 0 Å². The van der Waals surface area contributed by atoms with Gasteiger partial charge in [0.25, 0.3) is 0 Å². The van der Waals surface area contributed by atoms with E-state index in [1.165, 1.54) is 17.8 Å². The van der Waals surface area contributed by atoms with Crippen LogP contribution in [0.2, 0.25) is 0 Å². The van der Waals surface area contributed by atoms with Crippen molar-refractivity contribution >= 4 is 0 Å². The highest BCUT2D eigenvalue weighted by atomic mass is 15.3. The van der Waals surface area contributed by atoms with E-state index >= 15 is 0 Å². The lowest BCUT2D eigenvalue weighted by molar-refractivity contribution is 0.385. The van der Waals surface area contributed by atoms with Crippen LogP contribution in [0, 0.1) is 5.92 Å². The molecule has 18 heavy (non-hydrogen) atoms. The minimum atomic E-state index is 0.753. The van der Waals surface area contributed by atoms with Gasteiger partial charge in [-0.05, 0) is 24.3 Å². The molecule has 1 aromatic heterocycles. The Bertz CT molecular complexity index is 516. The number of hydrogen-bond donors (Lipinski definition) is 0. The normalized spacial score (nSPS) is 18.6. The summed E-state index contributed by atoms with van der Waals surface area (Å²) in [5, 5.41) is 4.61. The molecule has 0 N–H and O–H groups in total. The van der Waals surface area contributed by atoms with Gasteiger partial charge in [-0.2, -0.15) is 5.10 Å². The van der Waals surface area contributed by atoms with Crippen LogP contribution in [-0.4, -0.2) is 14.8 Å². The molecular weight excluding hydrogens is 222 g/mol. The van der Waals surface area contributed by atoms with Crippen LogP contribution in [0.4, 0.5) is 0 Å². The fourth-order valence-electron chi connectivity index (χ4n) is 2.52. The first-order valence-corrected chi connectivity index (χ1v) is 6.78. The molecule has 0 saturated carbocycles. The number of nitrogens with zero attached hydrogens (tertiary/aromatic N) is 3. The third kappa shape index (κ3) is 2.45. The van der Waals surface area contributed by atoms with E-state index in [1.54, 1.807) is 0 Å². The monoisotopic (exact) mass is 241 g/mol. The minimum absolute atomic E-state index is 0.753. The second kappa shape index (κ2) is 4.92. The molecule has 3 rings (SSSR count). The van der Waals surface area contributed by atoms with Crippen molar-refractivity contribution < 1.29 is 0 Å². The average Bonchev–Trinajstić information content (AvgIpc) is 2.79. The van der Waals surface area contributed by atoms with Crippen molar-refractivity contribution in [1.29, 1.82) is 0 Å². The van der Waals surface area contributed by atoms with Crippen LogP contribution >= 0.6 is 0 Å². The molecule has 2 heterocycles. The molecule has 3 heteroatoms. The van der Waals surface area contributed by atoms with Crippen molar-refractivity contribution in [3.05, 3.63) is 47.5 Å². The van der Waals surface area contributed by atoms with Gasteiger partial charge in [-0.3, -0.25) is 0 Å². The highest BCUT2D eigenvalue weighted by Crippen LogP contribution is 2.18. The molecule has 1 aromatic carbocycles. The average molecular weight is 241 g/mol. The fourth-order valence-corrected chi connectivity index (χ4v) is 2.52. The van der Waals surface area contributed by atoms with E-state index in [1.807, 2.05) is 0 Å². The van der Waals surface area contributed by atoms with Gasteiger partial charge in [0.15, 0.2) is 5.82 Å². The zero-order chi connectivity index (χ0) is 12.4. The molecule has 1 aliphatic rings. The first-order valence-electron chi connectivity index (χ1n) is 6.78. The summed E-state index contributed by atoms with van der Waals surface area (Å²) in [6, 6.07) is 10.6. The number of fused-ring (bicyclic) bond motifs is 1. The number of hydrogen-bond acceptors (Lipinski definition) is 2. The Morgan fingerprint density at radius 3 is 2.89 bits per heavy atom. The standard InChI is InChI=1S/C15H19N3/c1-12-9-10-18-15(11-12)16-14(17-18)8-7-13-5-3-2-4-6-13/h2-6,12H,7-11H2,1H3. The van der Waals surface area contributed by atoms with Gasteiger partial charge in [-0.15, -0.1) is 0 Å². The molecule has 0 radical (unpaired) electrons. The van der Waals surface area contributed by atoms with Crippen LogP contribution in [0.3, 0.4) is 0 Å². The highest BCUT2D eigenvalue weighted by Gasteiger charge is 2.18. The lowest BCUT2D eigenvalue weighted by Gasteiger charge is -2.17. The zero-order valence-electron chi connectivity index (χ0n) is 10.8. The van der Waals surface area contributed by atoms with Gasteiger partial charge >= 0.3 is 0 Å². The van der Waals surface area contributed by atoms with Gasteiger partial charge in [0.1, 0.15) is 5.82 Å².